The molecule has 2 rings (SSSR count). The van der Waals surface area contributed by atoms with Crippen LogP contribution in [0.15, 0.2) is 4.99 Å². The van der Waals surface area contributed by atoms with Crippen LogP contribution in [0.3, 0.4) is 0 Å². The number of hydrogen-bond donors (Lipinski definition) is 2. The molecule has 0 aliphatic carbocycles. The van der Waals surface area contributed by atoms with E-state index >= 15 is 0 Å². The monoisotopic (exact) mass is 348 g/mol. The van der Waals surface area contributed by atoms with E-state index < -0.39 is 10.0 Å². The second-order valence-corrected chi connectivity index (χ2v) is 9.86. The maximum Gasteiger partial charge on any atom is 0.214 e. The average Bonchev–Trinajstić information content (AvgIpc) is 3.03. The van der Waals surface area contributed by atoms with Gasteiger partial charge in [0.25, 0.3) is 0 Å². The second kappa shape index (κ2) is 7.88. The number of guanidine groups is 1. The summed E-state index contributed by atoms with van der Waals surface area (Å²) < 4.78 is 25.3. The third-order valence-electron chi connectivity index (χ3n) is 4.07. The number of rotatable bonds is 6. The van der Waals surface area contributed by atoms with E-state index in [4.69, 9.17) is 0 Å². The van der Waals surface area contributed by atoms with Gasteiger partial charge in [0.15, 0.2) is 5.96 Å². The summed E-state index contributed by atoms with van der Waals surface area (Å²) in [6, 6.07) is 0. The van der Waals surface area contributed by atoms with Crippen molar-refractivity contribution < 1.29 is 8.42 Å². The fraction of sp³-hybridized carbons (Fsp3) is 0.929. The maximum atomic E-state index is 11.8. The predicted octanol–water partition coefficient (Wildman–Crippen LogP) is 0.863. The number of nitrogens with one attached hydrogen (secondary N) is 2. The summed E-state index contributed by atoms with van der Waals surface area (Å²) in [5, 5.41) is 6.48. The Balaban J connectivity index is 1.81. The minimum absolute atomic E-state index is 0.251. The van der Waals surface area contributed by atoms with Gasteiger partial charge in [-0.1, -0.05) is 0 Å². The molecule has 22 heavy (non-hydrogen) atoms. The Labute approximate surface area is 138 Å². The zero-order chi connectivity index (χ0) is 16.1. The van der Waals surface area contributed by atoms with Crippen molar-refractivity contribution >= 4 is 27.7 Å². The lowest BCUT2D eigenvalue weighted by Crippen LogP contribution is -2.42. The third-order valence-corrected chi connectivity index (χ3v) is 7.55. The van der Waals surface area contributed by atoms with Gasteiger partial charge in [-0.3, -0.25) is 4.99 Å². The van der Waals surface area contributed by atoms with E-state index in [1.807, 2.05) is 18.7 Å². The van der Waals surface area contributed by atoms with Gasteiger partial charge >= 0.3 is 0 Å². The largest absolute Gasteiger partial charge is 0.357 e. The van der Waals surface area contributed by atoms with Crippen molar-refractivity contribution in [1.29, 1.82) is 0 Å². The molecule has 2 aliphatic heterocycles. The molecule has 0 saturated carbocycles. The Morgan fingerprint density at radius 1 is 1.36 bits per heavy atom. The van der Waals surface area contributed by atoms with E-state index in [0.29, 0.717) is 19.6 Å². The van der Waals surface area contributed by atoms with Gasteiger partial charge in [0.2, 0.25) is 10.0 Å². The number of aliphatic imine (C=N–C) groups is 1. The van der Waals surface area contributed by atoms with Crippen molar-refractivity contribution in [2.75, 3.05) is 44.2 Å². The number of nitrogens with zero attached hydrogens (tertiary/aromatic N) is 2. The van der Waals surface area contributed by atoms with Gasteiger partial charge in [0.1, 0.15) is 0 Å². The summed E-state index contributed by atoms with van der Waals surface area (Å²) in [7, 11) is -3.00. The Morgan fingerprint density at radius 2 is 2.18 bits per heavy atom. The van der Waals surface area contributed by atoms with E-state index in [0.717, 1.165) is 25.5 Å². The summed E-state index contributed by atoms with van der Waals surface area (Å²) in [6.07, 6.45) is 3.23. The molecule has 0 spiro atoms. The lowest BCUT2D eigenvalue weighted by molar-refractivity contribution is 0.445. The van der Waals surface area contributed by atoms with Gasteiger partial charge in [0.05, 0.1) is 12.3 Å². The van der Waals surface area contributed by atoms with Crippen LogP contribution in [0.25, 0.3) is 0 Å². The fourth-order valence-electron chi connectivity index (χ4n) is 2.79. The number of thioether (sulfide) groups is 1. The van der Waals surface area contributed by atoms with Crippen molar-refractivity contribution in [2.24, 2.45) is 4.99 Å². The lowest BCUT2D eigenvalue weighted by atomic mass is 10.1. The van der Waals surface area contributed by atoms with Gasteiger partial charge < -0.3 is 10.6 Å². The van der Waals surface area contributed by atoms with Gasteiger partial charge in [-0.2, -0.15) is 11.8 Å². The fourth-order valence-corrected chi connectivity index (χ4v) is 5.55. The summed E-state index contributed by atoms with van der Waals surface area (Å²) in [5.41, 5.74) is 0. The molecule has 1 unspecified atom stereocenters. The van der Waals surface area contributed by atoms with Crippen LogP contribution in [0.2, 0.25) is 0 Å². The van der Waals surface area contributed by atoms with Crippen LogP contribution in [0.4, 0.5) is 0 Å². The van der Waals surface area contributed by atoms with Crippen LogP contribution >= 0.6 is 11.8 Å². The van der Waals surface area contributed by atoms with E-state index in [2.05, 4.69) is 22.5 Å². The minimum Gasteiger partial charge on any atom is -0.357 e. The van der Waals surface area contributed by atoms with E-state index in [1.165, 1.54) is 18.6 Å². The molecule has 2 N–H and O–H groups in total. The molecule has 0 amide bonds. The molecule has 0 aromatic carbocycles. The van der Waals surface area contributed by atoms with E-state index in [9.17, 15) is 8.42 Å². The highest BCUT2D eigenvalue weighted by atomic mass is 32.2. The summed E-state index contributed by atoms with van der Waals surface area (Å²) in [5.74, 6) is 2.30. The normalized spacial score (nSPS) is 28.9. The van der Waals surface area contributed by atoms with Gasteiger partial charge in [-0.05, 0) is 38.9 Å². The Kier molecular flexibility index (Phi) is 6.40. The molecule has 0 bridgehead atoms. The van der Waals surface area contributed by atoms with Gasteiger partial charge in [-0.25, -0.2) is 12.7 Å². The Hall–Kier alpha value is -0.470. The highest BCUT2D eigenvalue weighted by Gasteiger charge is 2.29. The van der Waals surface area contributed by atoms with Crippen LogP contribution in [0.1, 0.15) is 33.1 Å². The van der Waals surface area contributed by atoms with Crippen LogP contribution in [0, 0.1) is 0 Å². The molecule has 2 fully saturated rings. The molecule has 128 valence electrons. The smallest absolute Gasteiger partial charge is 0.214 e. The van der Waals surface area contributed by atoms with Crippen molar-refractivity contribution in [2.45, 2.75) is 37.9 Å². The molecule has 2 aliphatic rings. The molecule has 1 atom stereocenters. The molecule has 0 aromatic heterocycles. The quantitative estimate of drug-likeness (QED) is 0.550. The molecule has 0 radical (unpaired) electrons. The zero-order valence-electron chi connectivity index (χ0n) is 13.6. The van der Waals surface area contributed by atoms with Crippen molar-refractivity contribution in [1.82, 2.24) is 14.9 Å². The maximum absolute atomic E-state index is 11.8. The summed E-state index contributed by atoms with van der Waals surface area (Å²) >= 11 is 2.00. The van der Waals surface area contributed by atoms with Crippen LogP contribution in [0.5, 0.6) is 0 Å². The summed E-state index contributed by atoms with van der Waals surface area (Å²) in [6.45, 7) is 7.66. The first-order valence-electron chi connectivity index (χ1n) is 8.09. The van der Waals surface area contributed by atoms with Crippen molar-refractivity contribution in [3.63, 3.8) is 0 Å². The Bertz CT molecular complexity index is 487. The molecular weight excluding hydrogens is 320 g/mol. The topological polar surface area (TPSA) is 73.8 Å². The van der Waals surface area contributed by atoms with Crippen LogP contribution < -0.4 is 10.6 Å². The first-order valence-corrected chi connectivity index (χ1v) is 10.7. The third kappa shape index (κ3) is 5.03. The van der Waals surface area contributed by atoms with Crippen molar-refractivity contribution in [3.05, 3.63) is 0 Å². The molecule has 0 aromatic rings. The second-order valence-electron chi connectivity index (χ2n) is 6.09. The molecule has 8 heteroatoms. The lowest BCUT2D eigenvalue weighted by Gasteiger charge is -2.21. The van der Waals surface area contributed by atoms with E-state index in [1.54, 1.807) is 4.31 Å². The number of hydrogen-bond acceptors (Lipinski definition) is 4. The molecular formula is C14H28N4O2S2. The first-order chi connectivity index (χ1) is 10.5. The first kappa shape index (κ1) is 17.9. The minimum atomic E-state index is -3.00. The molecule has 6 nitrogen and oxygen atoms in total. The van der Waals surface area contributed by atoms with Gasteiger partial charge in [0, 0.05) is 30.9 Å². The average molecular weight is 349 g/mol. The number of sulfonamides is 1. The van der Waals surface area contributed by atoms with Crippen LogP contribution in [-0.2, 0) is 10.0 Å². The molecule has 2 heterocycles. The Morgan fingerprint density at radius 3 is 2.77 bits per heavy atom. The van der Waals surface area contributed by atoms with Gasteiger partial charge in [-0.15, -0.1) is 0 Å². The highest BCUT2D eigenvalue weighted by Crippen LogP contribution is 2.37. The van der Waals surface area contributed by atoms with Crippen molar-refractivity contribution in [3.8, 4) is 0 Å². The zero-order valence-corrected chi connectivity index (χ0v) is 15.2. The predicted molar refractivity (Wildman–Crippen MR) is 94.1 cm³/mol. The summed E-state index contributed by atoms with van der Waals surface area (Å²) in [4.78, 5) is 4.67. The standard InChI is InChI=1S/C14H28N4O2S2/c1-3-15-13(17-12-14(2)6-4-10-21-14)16-7-9-18-8-5-11-22(18,19)20/h3-12H2,1-2H3,(H2,15,16,17). The SMILES string of the molecule is CCNC(=NCC1(C)CCCS1)NCCN1CCCS1(=O)=O. The van der Waals surface area contributed by atoms with Crippen LogP contribution in [-0.4, -0.2) is 67.7 Å². The van der Waals surface area contributed by atoms with E-state index in [-0.39, 0.29) is 10.5 Å². The highest BCUT2D eigenvalue weighted by molar-refractivity contribution is 8.00. The molecule has 2 saturated heterocycles.